The zero-order chi connectivity index (χ0) is 16.0. The fraction of sp³-hybridized carbons (Fsp3) is 0.562. The minimum Gasteiger partial charge on any atom is -0.496 e. The summed E-state index contributed by atoms with van der Waals surface area (Å²) in [6.07, 6.45) is 0.846. The molecule has 0 aliphatic carbocycles. The molecule has 0 fully saturated rings. The van der Waals surface area contributed by atoms with Crippen LogP contribution in [-0.4, -0.2) is 50.1 Å². The molecule has 0 aliphatic rings. The molecule has 0 bridgehead atoms. The monoisotopic (exact) mass is 293 g/mol. The van der Waals surface area contributed by atoms with Crippen molar-refractivity contribution < 1.29 is 9.53 Å². The Bertz CT molecular complexity index is 478. The Hall–Kier alpha value is -1.59. The topological polar surface area (TPSA) is 67.6 Å². The molecule has 5 nitrogen and oxygen atoms in total. The number of ether oxygens (including phenoxy) is 1. The van der Waals surface area contributed by atoms with Gasteiger partial charge < -0.3 is 20.7 Å². The molecule has 118 valence electrons. The molecule has 0 heterocycles. The first kappa shape index (κ1) is 17.5. The van der Waals surface area contributed by atoms with E-state index >= 15 is 0 Å². The second-order valence-corrected chi connectivity index (χ2v) is 5.73. The van der Waals surface area contributed by atoms with E-state index in [1.165, 1.54) is 0 Å². The maximum Gasteiger partial charge on any atom is 0.238 e. The van der Waals surface area contributed by atoms with Crippen LogP contribution in [0.5, 0.6) is 5.75 Å². The summed E-state index contributed by atoms with van der Waals surface area (Å²) in [6.45, 7) is 4.50. The third-order valence-corrected chi connectivity index (χ3v) is 4.12. The molecule has 0 saturated carbocycles. The van der Waals surface area contributed by atoms with E-state index in [-0.39, 0.29) is 11.9 Å². The van der Waals surface area contributed by atoms with Crippen molar-refractivity contribution in [2.24, 2.45) is 5.73 Å². The van der Waals surface area contributed by atoms with E-state index < -0.39 is 5.54 Å². The number of primary amides is 1. The number of nitrogens with two attached hydrogens (primary N) is 1. The van der Waals surface area contributed by atoms with Crippen molar-refractivity contribution in [2.45, 2.75) is 31.8 Å². The first-order chi connectivity index (χ1) is 9.84. The summed E-state index contributed by atoms with van der Waals surface area (Å²) in [5, 5.41) is 3.01. The minimum absolute atomic E-state index is 0.258. The average molecular weight is 293 g/mol. The number of methoxy groups -OCH3 is 1. The molecule has 5 heteroatoms. The van der Waals surface area contributed by atoms with Crippen molar-refractivity contribution in [3.63, 3.8) is 0 Å². The smallest absolute Gasteiger partial charge is 0.238 e. The largest absolute Gasteiger partial charge is 0.496 e. The van der Waals surface area contributed by atoms with Crippen LogP contribution in [-0.2, 0) is 11.2 Å². The molecular formula is C16H27N3O2. The highest BCUT2D eigenvalue weighted by atomic mass is 16.5. The fourth-order valence-corrected chi connectivity index (χ4v) is 2.28. The normalized spacial score (nSPS) is 15.5. The number of rotatable bonds is 8. The Kier molecular flexibility index (Phi) is 6.18. The number of nitrogens with zero attached hydrogens (tertiary/aromatic N) is 1. The second-order valence-electron chi connectivity index (χ2n) is 5.73. The van der Waals surface area contributed by atoms with Crippen LogP contribution in [0, 0.1) is 0 Å². The standard InChI is InChI=1S/C16H27N3O2/c1-12(10-13-8-6-7-9-14(13)21-5)19(4)11-16(2,18-3)15(17)20/h6-9,12,18H,10-11H2,1-5H3,(H2,17,20). The molecule has 2 unspecified atom stereocenters. The number of amides is 1. The Morgan fingerprint density at radius 3 is 2.62 bits per heavy atom. The van der Waals surface area contributed by atoms with Crippen LogP contribution in [0.4, 0.5) is 0 Å². The van der Waals surface area contributed by atoms with E-state index in [4.69, 9.17) is 10.5 Å². The lowest BCUT2D eigenvalue weighted by Crippen LogP contribution is -2.59. The minimum atomic E-state index is -0.732. The summed E-state index contributed by atoms with van der Waals surface area (Å²) < 4.78 is 5.38. The number of carbonyl (C=O) groups excluding carboxylic acids is 1. The number of carbonyl (C=O) groups is 1. The second kappa shape index (κ2) is 7.43. The number of hydrogen-bond acceptors (Lipinski definition) is 4. The van der Waals surface area contributed by atoms with Gasteiger partial charge in [-0.3, -0.25) is 4.79 Å². The Morgan fingerprint density at radius 1 is 1.48 bits per heavy atom. The van der Waals surface area contributed by atoms with Gasteiger partial charge >= 0.3 is 0 Å². The van der Waals surface area contributed by atoms with Crippen LogP contribution in [0.3, 0.4) is 0 Å². The van der Waals surface area contributed by atoms with Crippen LogP contribution >= 0.6 is 0 Å². The van der Waals surface area contributed by atoms with Gasteiger partial charge in [-0.25, -0.2) is 0 Å². The van der Waals surface area contributed by atoms with Gasteiger partial charge in [0.05, 0.1) is 7.11 Å². The molecule has 21 heavy (non-hydrogen) atoms. The number of likely N-dealkylation sites (N-methyl/N-ethyl adjacent to an activating group) is 2. The van der Waals surface area contributed by atoms with Gasteiger partial charge in [-0.05, 0) is 46.0 Å². The number of para-hydroxylation sites is 1. The Labute approximate surface area is 127 Å². The van der Waals surface area contributed by atoms with Crippen LogP contribution in [0.2, 0.25) is 0 Å². The van der Waals surface area contributed by atoms with Crippen molar-refractivity contribution in [1.29, 1.82) is 0 Å². The average Bonchev–Trinajstić information content (AvgIpc) is 2.47. The molecule has 0 aromatic heterocycles. The van der Waals surface area contributed by atoms with Crippen molar-refractivity contribution in [3.05, 3.63) is 29.8 Å². The highest BCUT2D eigenvalue weighted by molar-refractivity contribution is 5.84. The Morgan fingerprint density at radius 2 is 2.10 bits per heavy atom. The molecule has 1 rings (SSSR count). The van der Waals surface area contributed by atoms with Crippen LogP contribution in [0.1, 0.15) is 19.4 Å². The predicted molar refractivity (Wildman–Crippen MR) is 85.4 cm³/mol. The summed E-state index contributed by atoms with van der Waals surface area (Å²) in [5.74, 6) is 0.547. The van der Waals surface area contributed by atoms with E-state index in [0.717, 1.165) is 17.7 Å². The third-order valence-electron chi connectivity index (χ3n) is 4.12. The van der Waals surface area contributed by atoms with Gasteiger partial charge in [0.15, 0.2) is 0 Å². The fourth-order valence-electron chi connectivity index (χ4n) is 2.28. The van der Waals surface area contributed by atoms with Gasteiger partial charge in [0.25, 0.3) is 0 Å². The summed E-state index contributed by atoms with van der Waals surface area (Å²) in [6, 6.07) is 8.25. The first-order valence-electron chi connectivity index (χ1n) is 7.15. The lowest BCUT2D eigenvalue weighted by atomic mass is 9.99. The van der Waals surface area contributed by atoms with Gasteiger partial charge in [0.2, 0.25) is 5.91 Å². The number of benzene rings is 1. The molecule has 1 aromatic rings. The van der Waals surface area contributed by atoms with E-state index in [1.807, 2.05) is 32.2 Å². The molecule has 3 N–H and O–H groups in total. The molecule has 0 spiro atoms. The zero-order valence-corrected chi connectivity index (χ0v) is 13.6. The van der Waals surface area contributed by atoms with Crippen molar-refractivity contribution in [3.8, 4) is 5.75 Å². The summed E-state index contributed by atoms with van der Waals surface area (Å²) in [7, 11) is 5.43. The highest BCUT2D eigenvalue weighted by Gasteiger charge is 2.31. The van der Waals surface area contributed by atoms with Gasteiger partial charge in [0, 0.05) is 12.6 Å². The van der Waals surface area contributed by atoms with Crippen molar-refractivity contribution >= 4 is 5.91 Å². The molecule has 2 atom stereocenters. The van der Waals surface area contributed by atoms with E-state index in [1.54, 1.807) is 14.2 Å². The molecule has 0 aliphatic heterocycles. The molecule has 0 saturated heterocycles. The van der Waals surface area contributed by atoms with Crippen LogP contribution < -0.4 is 15.8 Å². The van der Waals surface area contributed by atoms with Gasteiger partial charge in [-0.1, -0.05) is 18.2 Å². The van der Waals surface area contributed by atoms with Crippen LogP contribution in [0.25, 0.3) is 0 Å². The van der Waals surface area contributed by atoms with Gasteiger partial charge in [0.1, 0.15) is 11.3 Å². The Balaban J connectivity index is 2.75. The zero-order valence-electron chi connectivity index (χ0n) is 13.6. The number of hydrogen-bond donors (Lipinski definition) is 2. The van der Waals surface area contributed by atoms with Crippen molar-refractivity contribution in [1.82, 2.24) is 10.2 Å². The van der Waals surface area contributed by atoms with Crippen LogP contribution in [0.15, 0.2) is 24.3 Å². The molecule has 0 radical (unpaired) electrons. The summed E-state index contributed by atoms with van der Waals surface area (Å²) in [5.41, 5.74) is 5.90. The van der Waals surface area contributed by atoms with E-state index in [0.29, 0.717) is 6.54 Å². The maximum atomic E-state index is 11.6. The molecular weight excluding hydrogens is 266 g/mol. The maximum absolute atomic E-state index is 11.6. The predicted octanol–water partition coefficient (Wildman–Crippen LogP) is 1.02. The summed E-state index contributed by atoms with van der Waals surface area (Å²) >= 11 is 0. The lowest BCUT2D eigenvalue weighted by Gasteiger charge is -2.34. The SMILES string of the molecule is CNC(C)(CN(C)C(C)Cc1ccccc1OC)C(N)=O. The third kappa shape index (κ3) is 4.44. The van der Waals surface area contributed by atoms with Crippen molar-refractivity contribution in [2.75, 3.05) is 27.7 Å². The summed E-state index contributed by atoms with van der Waals surface area (Å²) in [4.78, 5) is 13.7. The lowest BCUT2D eigenvalue weighted by molar-refractivity contribution is -0.124. The molecule has 1 aromatic carbocycles. The van der Waals surface area contributed by atoms with E-state index in [9.17, 15) is 4.79 Å². The number of nitrogens with one attached hydrogen (secondary N) is 1. The van der Waals surface area contributed by atoms with E-state index in [2.05, 4.69) is 23.2 Å². The quantitative estimate of drug-likeness (QED) is 0.751. The van der Waals surface area contributed by atoms with Gasteiger partial charge in [-0.2, -0.15) is 0 Å². The first-order valence-corrected chi connectivity index (χ1v) is 7.15. The highest BCUT2D eigenvalue weighted by Crippen LogP contribution is 2.20. The molecule has 1 amide bonds. The van der Waals surface area contributed by atoms with Gasteiger partial charge in [-0.15, -0.1) is 0 Å².